The number of sulfonamides is 2. The van der Waals surface area contributed by atoms with Gasteiger partial charge in [0.15, 0.2) is 0 Å². The van der Waals surface area contributed by atoms with Gasteiger partial charge in [-0.2, -0.15) is 0 Å². The third kappa shape index (κ3) is 27.5. The molecule has 4 N–H and O–H groups in total. The van der Waals surface area contributed by atoms with Crippen LogP contribution in [0.25, 0.3) is 0 Å². The summed E-state index contributed by atoms with van der Waals surface area (Å²) in [4.78, 5) is 94.6. The van der Waals surface area contributed by atoms with Crippen LogP contribution in [0.15, 0.2) is 58.3 Å². The van der Waals surface area contributed by atoms with Crippen LogP contribution >= 0.6 is 0 Å². The molecule has 4 unspecified atom stereocenters. The molecule has 0 saturated carbocycles. The number of carbonyl (C=O) groups excluding carboxylic acids is 8. The van der Waals surface area contributed by atoms with Crippen LogP contribution in [-0.4, -0.2) is 146 Å². The summed E-state index contributed by atoms with van der Waals surface area (Å²) < 4.78 is 83.7. The van der Waals surface area contributed by atoms with E-state index in [9.17, 15) is 55.2 Å². The molecule has 0 aromatic heterocycles. The third-order valence-corrected chi connectivity index (χ3v) is 16.5. The number of imide groups is 2. The molecule has 0 radical (unpaired) electrons. The van der Waals surface area contributed by atoms with E-state index in [-0.39, 0.29) is 91.8 Å². The van der Waals surface area contributed by atoms with E-state index >= 15 is 0 Å². The summed E-state index contributed by atoms with van der Waals surface area (Å²) in [5.74, 6) is -3.19. The summed E-state index contributed by atoms with van der Waals surface area (Å²) in [5.41, 5.74) is -0.694. The van der Waals surface area contributed by atoms with Crippen molar-refractivity contribution in [3.8, 4) is 0 Å². The molecule has 0 spiro atoms. The van der Waals surface area contributed by atoms with Gasteiger partial charge in [0.2, 0.25) is 43.7 Å². The minimum Gasteiger partial charge on any atom is -0.469 e. The monoisotopic (exact) mass is 1260 g/mol. The first-order valence-electron chi connectivity index (χ1n) is 28.3. The molecule has 0 aliphatic carbocycles. The highest BCUT2D eigenvalue weighted by Gasteiger charge is 2.44. The van der Waals surface area contributed by atoms with Crippen molar-refractivity contribution < 1.29 is 93.1 Å². The maximum atomic E-state index is 12.0. The maximum absolute atomic E-state index is 12.0. The van der Waals surface area contributed by atoms with Crippen molar-refractivity contribution in [2.45, 2.75) is 146 Å². The molecule has 492 valence electrons. The number of rotatable bonds is 24. The number of benzene rings is 2. The van der Waals surface area contributed by atoms with Crippen LogP contribution in [0, 0.1) is 45.3 Å². The van der Waals surface area contributed by atoms with Gasteiger partial charge < -0.3 is 37.9 Å². The number of nitrogens with two attached hydrogens (primary N) is 2. The lowest BCUT2D eigenvalue weighted by Crippen LogP contribution is -2.30. The molecule has 2 heterocycles. The summed E-state index contributed by atoms with van der Waals surface area (Å²) in [6, 6.07) is 10.7. The first-order valence-corrected chi connectivity index (χ1v) is 31.4. The average molecular weight is 1260 g/mol. The molecule has 26 heteroatoms. The molecular weight excluding hydrogens is 1160 g/mol. The summed E-state index contributed by atoms with van der Waals surface area (Å²) in [6.45, 7) is 33.3. The number of nitrogens with zero attached hydrogens (tertiary/aromatic N) is 2. The number of anilines is 2. The molecule has 4 amide bonds. The van der Waals surface area contributed by atoms with Gasteiger partial charge in [-0.05, 0) is 130 Å². The Bertz CT molecular complexity index is 2470. The van der Waals surface area contributed by atoms with Crippen LogP contribution in [0.5, 0.6) is 0 Å². The van der Waals surface area contributed by atoms with Gasteiger partial charge in [-0.15, -0.1) is 0 Å². The number of hydrogen-bond acceptors (Lipinski definition) is 20. The zero-order valence-electron chi connectivity index (χ0n) is 54.4. The van der Waals surface area contributed by atoms with Crippen molar-refractivity contribution >= 4 is 78.9 Å². The number of carbonyl (C=O) groups is 8. The Hall–Kier alpha value is -5.74. The average Bonchev–Trinajstić information content (AvgIpc) is 3.87. The van der Waals surface area contributed by atoms with Crippen molar-refractivity contribution in [2.75, 3.05) is 91.1 Å². The fraction of sp³-hybridized carbons (Fsp3) is 0.667. The smallest absolute Gasteiger partial charge is 0.311 e. The Morgan fingerprint density at radius 2 is 0.628 bits per heavy atom. The summed E-state index contributed by atoms with van der Waals surface area (Å²) in [6.07, 6.45) is 3.19. The fourth-order valence-corrected chi connectivity index (χ4v) is 7.39. The second-order valence-electron chi connectivity index (χ2n) is 22.7. The van der Waals surface area contributed by atoms with Crippen LogP contribution in [0.1, 0.15) is 136 Å². The SMILES string of the molecule is CC1C(=O)N(c2ccc(S(N)(=O)=O)cc2)C(=O)C1C.CC1C(=O)N(c2ccc(S(N)(=O)=O)cc2)C(=O)C1C.CCC(C)(C)C(=O)OC.CCC(C)(C)C(=O)OC.CCC(C)(C)C(=O)OCCOCCOC.CCC(C)(C)C(=O)OCCOCCOC. The molecule has 86 heavy (non-hydrogen) atoms. The molecular formula is C60H100N4O20S2. The number of ether oxygens (including phenoxy) is 8. The van der Waals surface area contributed by atoms with Crippen molar-refractivity contribution in [3.05, 3.63) is 48.5 Å². The topological polar surface area (TPSA) is 337 Å². The first kappa shape index (κ1) is 82.3. The van der Waals surface area contributed by atoms with Crippen molar-refractivity contribution in [1.82, 2.24) is 0 Å². The highest BCUT2D eigenvalue weighted by molar-refractivity contribution is 7.89. The van der Waals surface area contributed by atoms with Crippen LogP contribution in [0.3, 0.4) is 0 Å². The molecule has 2 saturated heterocycles. The van der Waals surface area contributed by atoms with Crippen LogP contribution in [0.2, 0.25) is 0 Å². The second-order valence-corrected chi connectivity index (χ2v) is 25.8. The Kier molecular flexibility index (Phi) is 36.9. The highest BCUT2D eigenvalue weighted by atomic mass is 32.2. The van der Waals surface area contributed by atoms with Gasteiger partial charge in [-0.1, -0.05) is 55.4 Å². The fourth-order valence-electron chi connectivity index (χ4n) is 6.36. The quantitative estimate of drug-likeness (QED) is 0.0447. The minimum absolute atomic E-state index is 0.0589. The number of methoxy groups -OCH3 is 4. The number of amides is 4. The van der Waals surface area contributed by atoms with E-state index in [1.54, 1.807) is 41.9 Å². The second kappa shape index (κ2) is 38.5. The van der Waals surface area contributed by atoms with E-state index in [1.165, 1.54) is 62.8 Å². The van der Waals surface area contributed by atoms with E-state index in [0.717, 1.165) is 35.5 Å². The van der Waals surface area contributed by atoms with E-state index in [2.05, 4.69) is 9.47 Å². The Labute approximate surface area is 511 Å². The lowest BCUT2D eigenvalue weighted by atomic mass is 9.91. The van der Waals surface area contributed by atoms with E-state index in [0.29, 0.717) is 64.2 Å². The molecule has 2 fully saturated rings. The predicted molar refractivity (Wildman–Crippen MR) is 325 cm³/mol. The number of primary sulfonamides is 2. The summed E-state index contributed by atoms with van der Waals surface area (Å²) in [7, 11) is -1.49. The highest BCUT2D eigenvalue weighted by Crippen LogP contribution is 2.32. The summed E-state index contributed by atoms with van der Waals surface area (Å²) in [5, 5.41) is 9.97. The standard InChI is InChI=1S/2C12H14N2O4S.2C11H22O4.2C7H14O2/c2*1-7-8(2)12(16)14(11(7)15)9-3-5-10(6-4-9)19(13,17)18;2*1-5-11(2,3)10(12)15-9-8-14-7-6-13-4;2*1-5-7(2,3)6(8)9-4/h2*3-8H,1-2H3,(H2,13,17,18);2*5-9H2,1-4H3;2*5H2,1-4H3. The van der Waals surface area contributed by atoms with Gasteiger partial charge >= 0.3 is 23.9 Å². The molecule has 24 nitrogen and oxygen atoms in total. The van der Waals surface area contributed by atoms with Gasteiger partial charge in [0.05, 0.1) is 96.7 Å². The zero-order valence-corrected chi connectivity index (χ0v) is 56.1. The third-order valence-electron chi connectivity index (χ3n) is 14.7. The maximum Gasteiger partial charge on any atom is 0.311 e. The Morgan fingerprint density at radius 3 is 0.814 bits per heavy atom. The van der Waals surface area contributed by atoms with Gasteiger partial charge in [0.25, 0.3) is 0 Å². The molecule has 2 aromatic rings. The van der Waals surface area contributed by atoms with Gasteiger partial charge in [-0.25, -0.2) is 27.1 Å². The molecule has 2 aliphatic rings. The van der Waals surface area contributed by atoms with Crippen LogP contribution < -0.4 is 20.1 Å². The zero-order chi connectivity index (χ0) is 67.2. The summed E-state index contributed by atoms with van der Waals surface area (Å²) >= 11 is 0. The Balaban J connectivity index is 0. The van der Waals surface area contributed by atoms with Crippen LogP contribution in [-0.2, 0) is 96.3 Å². The number of hydrogen-bond donors (Lipinski definition) is 2. The Morgan fingerprint density at radius 1 is 0.407 bits per heavy atom. The molecule has 4 rings (SSSR count). The molecule has 2 aromatic carbocycles. The predicted octanol–water partition coefficient (Wildman–Crippen LogP) is 7.41. The molecule has 0 bridgehead atoms. The van der Waals surface area contributed by atoms with Crippen molar-refractivity contribution in [1.29, 1.82) is 0 Å². The van der Waals surface area contributed by atoms with E-state index in [1.807, 2.05) is 83.1 Å². The van der Waals surface area contributed by atoms with Crippen molar-refractivity contribution in [3.63, 3.8) is 0 Å². The molecule has 4 atom stereocenters. The van der Waals surface area contributed by atoms with E-state index in [4.69, 9.17) is 38.7 Å². The van der Waals surface area contributed by atoms with Crippen LogP contribution in [0.4, 0.5) is 11.4 Å². The first-order chi connectivity index (χ1) is 39.6. The van der Waals surface area contributed by atoms with Gasteiger partial charge in [-0.3, -0.25) is 48.2 Å². The molecule has 2 aliphatic heterocycles. The number of esters is 4. The largest absolute Gasteiger partial charge is 0.469 e. The van der Waals surface area contributed by atoms with Crippen molar-refractivity contribution in [2.24, 2.45) is 55.6 Å². The van der Waals surface area contributed by atoms with Gasteiger partial charge in [0, 0.05) is 37.9 Å². The van der Waals surface area contributed by atoms with E-state index < -0.39 is 30.9 Å². The normalized spacial score (nSPS) is 17.0. The minimum atomic E-state index is -3.78. The lowest BCUT2D eigenvalue weighted by Gasteiger charge is -2.20. The van der Waals surface area contributed by atoms with Gasteiger partial charge in [0.1, 0.15) is 13.2 Å². The lowest BCUT2D eigenvalue weighted by molar-refractivity contribution is -0.156.